The van der Waals surface area contributed by atoms with Crippen LogP contribution in [0.3, 0.4) is 0 Å². The average Bonchev–Trinajstić information content (AvgIpc) is 3.86. The van der Waals surface area contributed by atoms with Crippen molar-refractivity contribution in [3.8, 4) is 62.0 Å². The lowest BCUT2D eigenvalue weighted by molar-refractivity contribution is 0.595. The first kappa shape index (κ1) is 35.4. The number of benzene rings is 7. The Morgan fingerprint density at radius 1 is 0.540 bits per heavy atom. The van der Waals surface area contributed by atoms with Crippen molar-refractivity contribution in [2.24, 2.45) is 0 Å². The topological polar surface area (TPSA) is 60.0 Å². The Bertz CT molecular complexity index is 3650. The maximum Gasteiger partial charge on any atom is 0.161 e. The zero-order chi connectivity index (χ0) is 41.4. The fourth-order valence-corrected chi connectivity index (χ4v) is 9.90. The van der Waals surface area contributed by atoms with Gasteiger partial charge >= 0.3 is 0 Å². The molecule has 1 aliphatic carbocycles. The fourth-order valence-electron chi connectivity index (χ4n) is 9.90. The number of nitrogens with zero attached hydrogens (tertiary/aromatic N) is 5. The van der Waals surface area contributed by atoms with Crippen LogP contribution in [0.4, 0.5) is 17.1 Å². The van der Waals surface area contributed by atoms with E-state index in [1.165, 1.54) is 5.56 Å². The third-order valence-electron chi connectivity index (χ3n) is 12.7. The molecule has 0 bridgehead atoms. The lowest BCUT2D eigenvalue weighted by Crippen LogP contribution is -2.13. The first-order valence-electron chi connectivity index (χ1n) is 21.5. The van der Waals surface area contributed by atoms with Crippen molar-refractivity contribution in [1.29, 1.82) is 0 Å². The summed E-state index contributed by atoms with van der Waals surface area (Å²) in [5.41, 5.74) is 17.4. The molecule has 63 heavy (non-hydrogen) atoms. The van der Waals surface area contributed by atoms with Gasteiger partial charge in [-0.1, -0.05) is 133 Å². The van der Waals surface area contributed by atoms with Gasteiger partial charge in [-0.25, -0.2) is 9.97 Å². The molecule has 7 aromatic carbocycles. The highest BCUT2D eigenvalue weighted by Crippen LogP contribution is 2.55. The third kappa shape index (κ3) is 5.55. The van der Waals surface area contributed by atoms with Gasteiger partial charge in [0, 0.05) is 56.2 Å². The summed E-state index contributed by atoms with van der Waals surface area (Å²) < 4.78 is 8.77. The van der Waals surface area contributed by atoms with Crippen LogP contribution in [0.1, 0.15) is 17.7 Å². The van der Waals surface area contributed by atoms with Gasteiger partial charge in [-0.3, -0.25) is 4.98 Å². The lowest BCUT2D eigenvalue weighted by Gasteiger charge is -2.29. The van der Waals surface area contributed by atoms with Gasteiger partial charge in [-0.15, -0.1) is 0 Å². The summed E-state index contributed by atoms with van der Waals surface area (Å²) in [5, 5.41) is 3.42. The van der Waals surface area contributed by atoms with Gasteiger partial charge in [0.25, 0.3) is 0 Å². The van der Waals surface area contributed by atoms with Crippen LogP contribution in [-0.4, -0.2) is 19.5 Å². The molecule has 0 atom stereocenters. The number of pyridine rings is 1. The molecule has 0 radical (unpaired) electrons. The number of allylic oxidation sites excluding steroid dienone is 1. The van der Waals surface area contributed by atoms with E-state index in [9.17, 15) is 0 Å². The first-order valence-corrected chi connectivity index (χ1v) is 21.5. The van der Waals surface area contributed by atoms with Crippen molar-refractivity contribution in [2.45, 2.75) is 12.8 Å². The van der Waals surface area contributed by atoms with Gasteiger partial charge in [-0.05, 0) is 84.3 Å². The van der Waals surface area contributed by atoms with Gasteiger partial charge in [-0.2, -0.15) is 0 Å². The van der Waals surface area contributed by atoms with Crippen molar-refractivity contribution < 1.29 is 4.42 Å². The molecule has 0 unspecified atom stereocenters. The van der Waals surface area contributed by atoms with Crippen LogP contribution in [0.15, 0.2) is 199 Å². The number of para-hydroxylation sites is 3. The number of anilines is 3. The van der Waals surface area contributed by atoms with Crippen LogP contribution in [0.25, 0.3) is 101 Å². The molecule has 6 nitrogen and oxygen atoms in total. The van der Waals surface area contributed by atoms with Crippen LogP contribution >= 0.6 is 0 Å². The number of hydrogen-bond donors (Lipinski definition) is 0. The smallest absolute Gasteiger partial charge is 0.161 e. The second kappa shape index (κ2) is 14.1. The summed E-state index contributed by atoms with van der Waals surface area (Å²) in [5.74, 6) is 1.64. The van der Waals surface area contributed by atoms with E-state index in [-0.39, 0.29) is 0 Å². The second-order valence-corrected chi connectivity index (χ2v) is 16.2. The Kier molecular flexibility index (Phi) is 7.93. The van der Waals surface area contributed by atoms with E-state index in [4.69, 9.17) is 19.4 Å². The van der Waals surface area contributed by atoms with Gasteiger partial charge in [0.2, 0.25) is 0 Å². The lowest BCUT2D eigenvalue weighted by atomic mass is 9.99. The normalized spacial score (nSPS) is 12.9. The van der Waals surface area contributed by atoms with Gasteiger partial charge in [0.05, 0.1) is 45.2 Å². The Balaban J connectivity index is 1.07. The van der Waals surface area contributed by atoms with Crippen LogP contribution in [-0.2, 0) is 6.42 Å². The molecule has 6 heteroatoms. The second-order valence-electron chi connectivity index (χ2n) is 16.2. The van der Waals surface area contributed by atoms with Crippen LogP contribution in [0.2, 0.25) is 0 Å². The van der Waals surface area contributed by atoms with Crippen molar-refractivity contribution in [2.75, 3.05) is 4.90 Å². The number of aryl methyl sites for hydroxylation is 1. The van der Waals surface area contributed by atoms with Crippen molar-refractivity contribution in [3.63, 3.8) is 0 Å². The van der Waals surface area contributed by atoms with Crippen molar-refractivity contribution in [3.05, 3.63) is 206 Å². The highest BCUT2D eigenvalue weighted by Gasteiger charge is 2.33. The highest BCUT2D eigenvalue weighted by molar-refractivity contribution is 6.12. The molecular formula is C57H37N5O. The predicted molar refractivity (Wildman–Crippen MR) is 257 cm³/mol. The maximum absolute atomic E-state index is 6.36. The Morgan fingerprint density at radius 2 is 1.24 bits per heavy atom. The van der Waals surface area contributed by atoms with E-state index in [0.29, 0.717) is 5.82 Å². The average molecular weight is 808 g/mol. The molecule has 0 saturated heterocycles. The van der Waals surface area contributed by atoms with Crippen LogP contribution in [0, 0.1) is 0 Å². The fraction of sp³-hybridized carbons (Fsp3) is 0.0351. The molecule has 13 rings (SSSR count). The van der Waals surface area contributed by atoms with Crippen molar-refractivity contribution >= 4 is 55.9 Å². The van der Waals surface area contributed by atoms with Crippen molar-refractivity contribution in [1.82, 2.24) is 19.5 Å². The number of rotatable bonds is 5. The zero-order valence-corrected chi connectivity index (χ0v) is 34.1. The molecule has 0 N–H and O–H groups in total. The maximum atomic E-state index is 6.36. The Labute approximate surface area is 363 Å². The minimum Gasteiger partial charge on any atom is -0.456 e. The van der Waals surface area contributed by atoms with E-state index in [1.807, 2.05) is 18.3 Å². The Hall–Kier alpha value is -8.35. The van der Waals surface area contributed by atoms with Crippen LogP contribution < -0.4 is 4.90 Å². The zero-order valence-electron chi connectivity index (χ0n) is 34.1. The predicted octanol–water partition coefficient (Wildman–Crippen LogP) is 14.8. The van der Waals surface area contributed by atoms with Gasteiger partial charge in [0.1, 0.15) is 11.3 Å². The third-order valence-corrected chi connectivity index (χ3v) is 12.7. The Morgan fingerprint density at radius 3 is 2.11 bits per heavy atom. The summed E-state index contributed by atoms with van der Waals surface area (Å²) in [6.45, 7) is 0. The molecule has 5 heterocycles. The first-order chi connectivity index (χ1) is 31.3. The molecule has 11 aromatic rings. The molecule has 0 spiro atoms. The summed E-state index contributed by atoms with van der Waals surface area (Å²) in [6, 6.07) is 64.4. The summed E-state index contributed by atoms with van der Waals surface area (Å²) in [6.07, 6.45) is 8.20. The van der Waals surface area contributed by atoms with E-state index in [0.717, 1.165) is 125 Å². The summed E-state index contributed by atoms with van der Waals surface area (Å²) in [7, 11) is 0. The molecule has 296 valence electrons. The number of fused-ring (bicyclic) bond motifs is 11. The largest absolute Gasteiger partial charge is 0.456 e. The van der Waals surface area contributed by atoms with Crippen LogP contribution in [0.5, 0.6) is 0 Å². The highest BCUT2D eigenvalue weighted by atomic mass is 16.3. The summed E-state index contributed by atoms with van der Waals surface area (Å²) >= 11 is 0. The summed E-state index contributed by atoms with van der Waals surface area (Å²) in [4.78, 5) is 18.3. The van der Waals surface area contributed by atoms with E-state index in [2.05, 4.69) is 191 Å². The molecular weight excluding hydrogens is 771 g/mol. The van der Waals surface area contributed by atoms with E-state index in [1.54, 1.807) is 0 Å². The minimum atomic E-state index is 0.681. The number of furan rings is 1. The number of hydrogen-bond acceptors (Lipinski definition) is 5. The monoisotopic (exact) mass is 807 g/mol. The molecule has 2 aliphatic rings. The van der Waals surface area contributed by atoms with Gasteiger partial charge in [0.15, 0.2) is 5.82 Å². The molecule has 0 fully saturated rings. The molecule has 0 saturated carbocycles. The minimum absolute atomic E-state index is 0.681. The molecule has 1 aliphatic heterocycles. The van der Waals surface area contributed by atoms with E-state index < -0.39 is 0 Å². The standard InChI is InChI=1S/C57H37N5O/c1-2-17-37(18-3-1)46-35-47(60-57(59-46)41-25-14-19-36-16-4-5-20-39(36)41)42-22-6-10-26-48(42)62-49-27-11-7-23-43(49)54-55-51(29-15-33-58-55)61(56(54)44-24-8-12-28-50(44)62)38-31-32-53-45(34-38)40-21-9-13-30-52(40)63-53/h1-8,10-20,22-35H,9,21H2. The van der Waals surface area contributed by atoms with E-state index >= 15 is 0 Å². The molecule has 0 amide bonds. The number of aromatic nitrogens is 4. The molecule has 4 aromatic heterocycles. The quantitative estimate of drug-likeness (QED) is 0.173. The SMILES string of the molecule is C1=Cc2oc3ccc(-n4c5c(c6ncccc64)-c4ccccc4N(c4ccccc4-c4cc(-c6ccccc6)nc(-c6cccc7ccccc67)n4)c4ccccc4-5)cc3c2CC1. The van der Waals surface area contributed by atoms with Gasteiger partial charge < -0.3 is 13.9 Å².